The zero-order valence-corrected chi connectivity index (χ0v) is 18.9. The topological polar surface area (TPSA) is 53.7 Å². The number of carbonyl (C=O) groups is 1. The second-order valence-electron chi connectivity index (χ2n) is 8.75. The largest absolute Gasteiger partial charge is 0.356 e. The lowest BCUT2D eigenvalue weighted by Gasteiger charge is -2.34. The highest BCUT2D eigenvalue weighted by Gasteiger charge is 2.31. The highest BCUT2D eigenvalue weighted by atomic mass is 35.5. The van der Waals surface area contributed by atoms with Gasteiger partial charge < -0.3 is 9.80 Å². The minimum absolute atomic E-state index is 0.150. The van der Waals surface area contributed by atoms with E-state index in [0.29, 0.717) is 10.9 Å². The van der Waals surface area contributed by atoms with E-state index in [-0.39, 0.29) is 5.92 Å². The first kappa shape index (κ1) is 20.3. The number of piperidine rings is 1. The minimum Gasteiger partial charge on any atom is -0.356 e. The molecule has 2 aliphatic heterocycles. The van der Waals surface area contributed by atoms with Crippen molar-refractivity contribution in [1.82, 2.24) is 19.5 Å². The van der Waals surface area contributed by atoms with Gasteiger partial charge in [0, 0.05) is 54.4 Å². The predicted molar refractivity (Wildman–Crippen MR) is 124 cm³/mol. The van der Waals surface area contributed by atoms with E-state index in [1.165, 1.54) is 0 Å². The number of hydrogen-bond donors (Lipinski definition) is 0. The molecule has 2 aromatic heterocycles. The van der Waals surface area contributed by atoms with Gasteiger partial charge in [-0.05, 0) is 57.2 Å². The van der Waals surface area contributed by atoms with Gasteiger partial charge in [0.15, 0.2) is 5.65 Å². The summed E-state index contributed by atoms with van der Waals surface area (Å²) in [4.78, 5) is 22.1. The second-order valence-corrected chi connectivity index (χ2v) is 9.19. The maximum absolute atomic E-state index is 12.8. The number of likely N-dealkylation sites (tertiary alicyclic amines) is 1. The lowest BCUT2D eigenvalue weighted by molar-refractivity contribution is -0.135. The van der Waals surface area contributed by atoms with Crippen molar-refractivity contribution < 1.29 is 4.79 Å². The molecule has 0 unspecified atom stereocenters. The van der Waals surface area contributed by atoms with E-state index in [9.17, 15) is 4.79 Å². The number of benzene rings is 1. The van der Waals surface area contributed by atoms with Gasteiger partial charge in [0.2, 0.25) is 5.91 Å². The molecular formula is C24H28ClN5O. The molecule has 31 heavy (non-hydrogen) atoms. The number of carbonyl (C=O) groups excluding carboxylic acids is 1. The number of aryl methyl sites for hydroxylation is 2. The molecule has 0 atom stereocenters. The van der Waals surface area contributed by atoms with Crippen LogP contribution in [0.4, 0.5) is 5.82 Å². The highest BCUT2D eigenvalue weighted by molar-refractivity contribution is 6.30. The van der Waals surface area contributed by atoms with Crippen LogP contribution in [0.15, 0.2) is 30.3 Å². The number of amides is 1. The number of fused-ring (bicyclic) bond motifs is 1. The van der Waals surface area contributed by atoms with Crippen LogP contribution in [-0.2, 0) is 4.79 Å². The Kier molecular flexibility index (Phi) is 5.34. The number of nitrogens with zero attached hydrogens (tertiary/aromatic N) is 5. The number of anilines is 1. The Morgan fingerprint density at radius 2 is 1.71 bits per heavy atom. The van der Waals surface area contributed by atoms with Gasteiger partial charge in [-0.2, -0.15) is 9.61 Å². The molecule has 3 aromatic rings. The summed E-state index contributed by atoms with van der Waals surface area (Å²) in [5.41, 5.74) is 4.88. The average Bonchev–Trinajstić information content (AvgIpc) is 3.41. The molecule has 6 nitrogen and oxygen atoms in total. The van der Waals surface area contributed by atoms with E-state index in [4.69, 9.17) is 21.7 Å². The maximum Gasteiger partial charge on any atom is 0.225 e. The van der Waals surface area contributed by atoms with Crippen LogP contribution >= 0.6 is 11.6 Å². The predicted octanol–water partition coefficient (Wildman–Crippen LogP) is 4.51. The first-order chi connectivity index (χ1) is 15.0. The fourth-order valence-electron chi connectivity index (χ4n) is 4.96. The summed E-state index contributed by atoms with van der Waals surface area (Å²) in [6.07, 6.45) is 4.08. The zero-order valence-electron chi connectivity index (χ0n) is 18.1. The molecule has 4 heterocycles. The molecule has 0 bridgehead atoms. The fourth-order valence-corrected chi connectivity index (χ4v) is 5.08. The van der Waals surface area contributed by atoms with Gasteiger partial charge >= 0.3 is 0 Å². The molecule has 0 spiro atoms. The first-order valence-corrected chi connectivity index (χ1v) is 11.6. The van der Waals surface area contributed by atoms with Gasteiger partial charge in [0.05, 0.1) is 5.69 Å². The summed E-state index contributed by atoms with van der Waals surface area (Å²) in [5, 5.41) is 5.57. The van der Waals surface area contributed by atoms with Crippen molar-refractivity contribution in [3.05, 3.63) is 46.7 Å². The van der Waals surface area contributed by atoms with Crippen LogP contribution in [0.1, 0.15) is 37.1 Å². The Bertz CT molecular complexity index is 1110. The zero-order chi connectivity index (χ0) is 21.5. The molecule has 1 aromatic carbocycles. The summed E-state index contributed by atoms with van der Waals surface area (Å²) in [6, 6.07) is 9.95. The van der Waals surface area contributed by atoms with E-state index in [2.05, 4.69) is 15.9 Å². The van der Waals surface area contributed by atoms with Gasteiger partial charge in [-0.15, -0.1) is 0 Å². The molecule has 5 rings (SSSR count). The molecule has 1 amide bonds. The Morgan fingerprint density at radius 3 is 2.39 bits per heavy atom. The van der Waals surface area contributed by atoms with Crippen molar-refractivity contribution in [2.45, 2.75) is 39.5 Å². The van der Waals surface area contributed by atoms with Crippen LogP contribution in [0.25, 0.3) is 16.8 Å². The van der Waals surface area contributed by atoms with Crippen LogP contribution in [0.2, 0.25) is 5.02 Å². The third kappa shape index (κ3) is 3.78. The lowest BCUT2D eigenvalue weighted by Crippen LogP contribution is -2.42. The molecular weight excluding hydrogens is 410 g/mol. The quantitative estimate of drug-likeness (QED) is 0.605. The van der Waals surface area contributed by atoms with Crippen molar-refractivity contribution in [1.29, 1.82) is 0 Å². The minimum atomic E-state index is 0.150. The fraction of sp³-hybridized carbons (Fsp3) is 0.458. The SMILES string of the molecule is Cc1cc(N2CCC(C(=O)N3CCCC3)CC2)n2nc(C)c(-c3ccc(Cl)cc3)c2n1. The Hall–Kier alpha value is -2.60. The van der Waals surface area contributed by atoms with Crippen molar-refractivity contribution in [3.63, 3.8) is 0 Å². The maximum atomic E-state index is 12.8. The molecule has 0 saturated carbocycles. The van der Waals surface area contributed by atoms with Crippen LogP contribution in [-0.4, -0.2) is 51.6 Å². The Balaban J connectivity index is 1.44. The number of rotatable bonds is 3. The average molecular weight is 438 g/mol. The molecule has 2 fully saturated rings. The van der Waals surface area contributed by atoms with Crippen LogP contribution in [0.3, 0.4) is 0 Å². The molecule has 0 radical (unpaired) electrons. The summed E-state index contributed by atoms with van der Waals surface area (Å²) in [5.74, 6) is 1.56. The second kappa shape index (κ2) is 8.15. The molecule has 0 N–H and O–H groups in total. The van der Waals surface area contributed by atoms with Crippen LogP contribution in [0, 0.1) is 19.8 Å². The van der Waals surface area contributed by atoms with Crippen molar-refractivity contribution in [2.75, 3.05) is 31.1 Å². The molecule has 7 heteroatoms. The number of aromatic nitrogens is 3. The normalized spacial score (nSPS) is 17.6. The summed E-state index contributed by atoms with van der Waals surface area (Å²) in [7, 11) is 0. The van der Waals surface area contributed by atoms with Crippen molar-refractivity contribution in [3.8, 4) is 11.1 Å². The lowest BCUT2D eigenvalue weighted by atomic mass is 9.95. The van der Waals surface area contributed by atoms with Gasteiger partial charge in [0.1, 0.15) is 5.82 Å². The standard InChI is InChI=1S/C24H28ClN5O/c1-16-15-21(28-13-9-19(10-14-28)24(31)29-11-3-4-12-29)30-23(26-16)22(17(2)27-30)18-5-7-20(25)8-6-18/h5-8,15,19H,3-4,9-14H2,1-2H3. The van der Waals surface area contributed by atoms with Crippen LogP contribution in [0.5, 0.6) is 0 Å². The van der Waals surface area contributed by atoms with E-state index >= 15 is 0 Å². The van der Waals surface area contributed by atoms with E-state index in [1.807, 2.05) is 42.6 Å². The number of hydrogen-bond acceptors (Lipinski definition) is 4. The van der Waals surface area contributed by atoms with Crippen LogP contribution < -0.4 is 4.90 Å². The van der Waals surface area contributed by atoms with E-state index in [0.717, 1.165) is 85.8 Å². The van der Waals surface area contributed by atoms with Crippen molar-refractivity contribution >= 4 is 29.0 Å². The van der Waals surface area contributed by atoms with Gasteiger partial charge in [-0.3, -0.25) is 4.79 Å². The molecule has 2 saturated heterocycles. The van der Waals surface area contributed by atoms with Gasteiger partial charge in [0.25, 0.3) is 0 Å². The van der Waals surface area contributed by atoms with Crippen molar-refractivity contribution in [2.24, 2.45) is 5.92 Å². The monoisotopic (exact) mass is 437 g/mol. The van der Waals surface area contributed by atoms with E-state index < -0.39 is 0 Å². The number of halogens is 1. The summed E-state index contributed by atoms with van der Waals surface area (Å²) < 4.78 is 1.97. The Morgan fingerprint density at radius 1 is 1.03 bits per heavy atom. The molecule has 2 aliphatic rings. The first-order valence-electron chi connectivity index (χ1n) is 11.2. The van der Waals surface area contributed by atoms with Gasteiger partial charge in [-0.25, -0.2) is 4.98 Å². The highest BCUT2D eigenvalue weighted by Crippen LogP contribution is 2.32. The van der Waals surface area contributed by atoms with E-state index in [1.54, 1.807) is 0 Å². The summed E-state index contributed by atoms with van der Waals surface area (Å²) >= 11 is 6.09. The summed E-state index contributed by atoms with van der Waals surface area (Å²) in [6.45, 7) is 7.64. The molecule has 0 aliphatic carbocycles. The third-order valence-corrected chi connectivity index (χ3v) is 6.84. The smallest absolute Gasteiger partial charge is 0.225 e. The molecule has 162 valence electrons. The third-order valence-electron chi connectivity index (χ3n) is 6.59. The van der Waals surface area contributed by atoms with Gasteiger partial charge in [-0.1, -0.05) is 23.7 Å². The Labute approximate surface area is 187 Å².